The second-order valence-electron chi connectivity index (χ2n) is 5.60. The zero-order chi connectivity index (χ0) is 17.6. The number of aryl methyl sites for hydroxylation is 1. The van der Waals surface area contributed by atoms with Crippen molar-refractivity contribution in [1.82, 2.24) is 10.3 Å². The Labute approximate surface area is 151 Å². The number of ether oxygens (including phenoxy) is 1. The van der Waals surface area contributed by atoms with Gasteiger partial charge in [0.2, 0.25) is 0 Å². The van der Waals surface area contributed by atoms with E-state index in [1.807, 2.05) is 49.4 Å². The van der Waals surface area contributed by atoms with E-state index in [0.717, 1.165) is 22.4 Å². The number of amides is 1. The van der Waals surface area contributed by atoms with Crippen LogP contribution in [-0.4, -0.2) is 30.3 Å². The Balaban J connectivity index is 1.64. The van der Waals surface area contributed by atoms with Crippen molar-refractivity contribution in [2.45, 2.75) is 11.8 Å². The molecular formula is C20H20N2O2S. The van der Waals surface area contributed by atoms with Crippen LogP contribution >= 0.6 is 11.8 Å². The van der Waals surface area contributed by atoms with Crippen molar-refractivity contribution >= 4 is 28.6 Å². The first-order chi connectivity index (χ1) is 12.2. The standard InChI is InChI=1S/C20H20N2O2S/c1-14-18(12-15-8-9-16(24-2)13-19(15)22-14)20(23)21-10-11-25-17-6-4-3-5-7-17/h3-9,12-13H,10-11H2,1-2H3,(H,21,23). The maximum Gasteiger partial charge on any atom is 0.253 e. The predicted octanol–water partition coefficient (Wildman–Crippen LogP) is 4.07. The summed E-state index contributed by atoms with van der Waals surface area (Å²) < 4.78 is 5.22. The Morgan fingerprint density at radius 1 is 1.16 bits per heavy atom. The number of carbonyl (C=O) groups is 1. The van der Waals surface area contributed by atoms with Gasteiger partial charge in [0, 0.05) is 28.6 Å². The number of rotatable bonds is 6. The van der Waals surface area contributed by atoms with Crippen molar-refractivity contribution in [3.63, 3.8) is 0 Å². The van der Waals surface area contributed by atoms with Crippen molar-refractivity contribution in [3.8, 4) is 5.75 Å². The minimum atomic E-state index is -0.0867. The summed E-state index contributed by atoms with van der Waals surface area (Å²) in [5.41, 5.74) is 2.16. The van der Waals surface area contributed by atoms with Crippen molar-refractivity contribution in [2.75, 3.05) is 19.4 Å². The van der Waals surface area contributed by atoms with Gasteiger partial charge in [-0.25, -0.2) is 0 Å². The van der Waals surface area contributed by atoms with Crippen LogP contribution in [0.4, 0.5) is 0 Å². The topological polar surface area (TPSA) is 51.2 Å². The predicted molar refractivity (Wildman–Crippen MR) is 103 cm³/mol. The second kappa shape index (κ2) is 8.03. The molecule has 0 aliphatic rings. The Morgan fingerprint density at radius 2 is 1.96 bits per heavy atom. The van der Waals surface area contributed by atoms with Crippen molar-refractivity contribution < 1.29 is 9.53 Å². The highest BCUT2D eigenvalue weighted by molar-refractivity contribution is 7.99. The number of methoxy groups -OCH3 is 1. The lowest BCUT2D eigenvalue weighted by Gasteiger charge is -2.09. The highest BCUT2D eigenvalue weighted by Gasteiger charge is 2.11. The van der Waals surface area contributed by atoms with Gasteiger partial charge in [-0.05, 0) is 37.3 Å². The molecule has 2 aromatic carbocycles. The molecule has 3 aromatic rings. The molecule has 0 bridgehead atoms. The fraction of sp³-hybridized carbons (Fsp3) is 0.200. The number of carbonyl (C=O) groups excluding carboxylic acids is 1. The van der Waals surface area contributed by atoms with Crippen LogP contribution in [0.25, 0.3) is 10.9 Å². The van der Waals surface area contributed by atoms with Crippen LogP contribution in [0.5, 0.6) is 5.75 Å². The van der Waals surface area contributed by atoms with Gasteiger partial charge in [0.05, 0.1) is 23.9 Å². The van der Waals surface area contributed by atoms with Gasteiger partial charge < -0.3 is 10.1 Å². The molecule has 1 amide bonds. The lowest BCUT2D eigenvalue weighted by Crippen LogP contribution is -2.26. The summed E-state index contributed by atoms with van der Waals surface area (Å²) in [5, 5.41) is 3.90. The molecule has 1 aromatic heterocycles. The SMILES string of the molecule is COc1ccc2cc(C(=O)NCCSc3ccccc3)c(C)nc2c1. The van der Waals surface area contributed by atoms with E-state index in [9.17, 15) is 4.79 Å². The van der Waals surface area contributed by atoms with Crippen LogP contribution < -0.4 is 10.1 Å². The molecule has 1 heterocycles. The molecule has 0 radical (unpaired) electrons. The van der Waals surface area contributed by atoms with E-state index in [4.69, 9.17) is 4.74 Å². The van der Waals surface area contributed by atoms with Gasteiger partial charge in [0.15, 0.2) is 0 Å². The Bertz CT molecular complexity index is 882. The molecule has 0 fully saturated rings. The average molecular weight is 352 g/mol. The van der Waals surface area contributed by atoms with Gasteiger partial charge in [-0.3, -0.25) is 9.78 Å². The van der Waals surface area contributed by atoms with Gasteiger partial charge in [-0.2, -0.15) is 0 Å². The molecular weight excluding hydrogens is 332 g/mol. The number of pyridine rings is 1. The number of nitrogens with one attached hydrogen (secondary N) is 1. The molecule has 1 N–H and O–H groups in total. The number of thioether (sulfide) groups is 1. The third-order valence-corrected chi connectivity index (χ3v) is 4.87. The van der Waals surface area contributed by atoms with Crippen LogP contribution in [0.2, 0.25) is 0 Å². The molecule has 0 aliphatic carbocycles. The number of nitrogens with zero attached hydrogens (tertiary/aromatic N) is 1. The first-order valence-corrected chi connectivity index (χ1v) is 9.07. The summed E-state index contributed by atoms with van der Waals surface area (Å²) >= 11 is 1.72. The van der Waals surface area contributed by atoms with Crippen LogP contribution in [0, 0.1) is 6.92 Å². The third kappa shape index (κ3) is 4.31. The molecule has 3 rings (SSSR count). The molecule has 0 saturated carbocycles. The number of hydrogen-bond donors (Lipinski definition) is 1. The Kier molecular flexibility index (Phi) is 5.56. The second-order valence-corrected chi connectivity index (χ2v) is 6.77. The average Bonchev–Trinajstić information content (AvgIpc) is 2.64. The summed E-state index contributed by atoms with van der Waals surface area (Å²) in [4.78, 5) is 18.2. The number of hydrogen-bond acceptors (Lipinski definition) is 4. The van der Waals surface area contributed by atoms with E-state index in [1.54, 1.807) is 18.9 Å². The van der Waals surface area contributed by atoms with Crippen LogP contribution in [0.15, 0.2) is 59.5 Å². The molecule has 4 nitrogen and oxygen atoms in total. The molecule has 128 valence electrons. The highest BCUT2D eigenvalue weighted by Crippen LogP contribution is 2.22. The molecule has 0 atom stereocenters. The molecule has 0 aliphatic heterocycles. The molecule has 0 spiro atoms. The quantitative estimate of drug-likeness (QED) is 0.537. The molecule has 0 saturated heterocycles. The minimum Gasteiger partial charge on any atom is -0.497 e. The lowest BCUT2D eigenvalue weighted by molar-refractivity contribution is 0.0955. The lowest BCUT2D eigenvalue weighted by atomic mass is 10.1. The normalized spacial score (nSPS) is 10.6. The zero-order valence-electron chi connectivity index (χ0n) is 14.3. The van der Waals surface area contributed by atoms with E-state index < -0.39 is 0 Å². The Morgan fingerprint density at radius 3 is 2.72 bits per heavy atom. The van der Waals surface area contributed by atoms with E-state index in [0.29, 0.717) is 17.8 Å². The molecule has 5 heteroatoms. The highest BCUT2D eigenvalue weighted by atomic mass is 32.2. The van der Waals surface area contributed by atoms with Crippen molar-refractivity contribution in [2.24, 2.45) is 0 Å². The first-order valence-electron chi connectivity index (χ1n) is 8.09. The van der Waals surface area contributed by atoms with E-state index >= 15 is 0 Å². The van der Waals surface area contributed by atoms with Crippen molar-refractivity contribution in [1.29, 1.82) is 0 Å². The fourth-order valence-corrected chi connectivity index (χ4v) is 3.33. The van der Waals surface area contributed by atoms with E-state index in [1.165, 1.54) is 4.90 Å². The zero-order valence-corrected chi connectivity index (χ0v) is 15.1. The number of aromatic nitrogens is 1. The van der Waals surface area contributed by atoms with Crippen LogP contribution in [0.3, 0.4) is 0 Å². The van der Waals surface area contributed by atoms with Crippen molar-refractivity contribution in [3.05, 3.63) is 65.9 Å². The summed E-state index contributed by atoms with van der Waals surface area (Å²) in [5.74, 6) is 1.50. The van der Waals surface area contributed by atoms with Gasteiger partial charge in [-0.1, -0.05) is 18.2 Å². The molecule has 25 heavy (non-hydrogen) atoms. The monoisotopic (exact) mass is 352 g/mol. The van der Waals surface area contributed by atoms with E-state index in [-0.39, 0.29) is 5.91 Å². The van der Waals surface area contributed by atoms with E-state index in [2.05, 4.69) is 22.4 Å². The minimum absolute atomic E-state index is 0.0867. The summed E-state index contributed by atoms with van der Waals surface area (Å²) in [6, 6.07) is 17.7. The number of benzene rings is 2. The maximum atomic E-state index is 12.5. The smallest absolute Gasteiger partial charge is 0.253 e. The third-order valence-electron chi connectivity index (χ3n) is 3.86. The van der Waals surface area contributed by atoms with Gasteiger partial charge >= 0.3 is 0 Å². The summed E-state index contributed by atoms with van der Waals surface area (Å²) in [6.07, 6.45) is 0. The van der Waals surface area contributed by atoms with Gasteiger partial charge in [0.1, 0.15) is 5.75 Å². The number of fused-ring (bicyclic) bond motifs is 1. The van der Waals surface area contributed by atoms with Crippen LogP contribution in [-0.2, 0) is 0 Å². The first kappa shape index (κ1) is 17.3. The maximum absolute atomic E-state index is 12.5. The Hall–Kier alpha value is -2.53. The van der Waals surface area contributed by atoms with Crippen LogP contribution in [0.1, 0.15) is 16.1 Å². The fourth-order valence-electron chi connectivity index (χ4n) is 2.55. The van der Waals surface area contributed by atoms with Gasteiger partial charge in [0.25, 0.3) is 5.91 Å². The summed E-state index contributed by atoms with van der Waals surface area (Å²) in [7, 11) is 1.63. The van der Waals surface area contributed by atoms with Gasteiger partial charge in [-0.15, -0.1) is 11.8 Å². The largest absolute Gasteiger partial charge is 0.497 e. The summed E-state index contributed by atoms with van der Waals surface area (Å²) in [6.45, 7) is 2.46. The molecule has 0 unspecified atom stereocenters.